The van der Waals surface area contributed by atoms with E-state index < -0.39 is 48.7 Å². The first-order chi connectivity index (χ1) is 28.7. The van der Waals surface area contributed by atoms with Crippen molar-refractivity contribution in [2.24, 2.45) is 11.3 Å². The lowest BCUT2D eigenvalue weighted by molar-refractivity contribution is -0.141. The molecule has 1 saturated heterocycles. The summed E-state index contributed by atoms with van der Waals surface area (Å²) in [6.45, 7) is 9.10. The maximum Gasteiger partial charge on any atom is 0.406 e. The van der Waals surface area contributed by atoms with E-state index in [9.17, 15) is 36.3 Å². The molecule has 2 aromatic carbocycles. The monoisotopic (exact) mass is 856 g/mol. The van der Waals surface area contributed by atoms with Crippen molar-refractivity contribution in [3.05, 3.63) is 77.1 Å². The van der Waals surface area contributed by atoms with Gasteiger partial charge < -0.3 is 19.4 Å². The zero-order chi connectivity index (χ0) is 44.8. The lowest BCUT2D eigenvalue weighted by Crippen LogP contribution is -2.58. The fraction of sp³-hybridized carbons (Fsp3) is 0.511. The van der Waals surface area contributed by atoms with Crippen molar-refractivity contribution in [1.29, 1.82) is 0 Å². The van der Waals surface area contributed by atoms with Crippen molar-refractivity contribution in [3.63, 3.8) is 0 Å². The van der Waals surface area contributed by atoms with Gasteiger partial charge in [-0.25, -0.2) is 14.2 Å². The van der Waals surface area contributed by atoms with Crippen LogP contribution in [0.3, 0.4) is 0 Å². The number of rotatable bonds is 18. The normalized spacial score (nSPS) is 15.4. The molecule has 3 unspecified atom stereocenters. The molecular weight excluding hydrogens is 800 g/mol. The van der Waals surface area contributed by atoms with Crippen molar-refractivity contribution in [2.75, 3.05) is 40.9 Å². The lowest BCUT2D eigenvalue weighted by atomic mass is 9.84. The molecule has 0 spiro atoms. The van der Waals surface area contributed by atoms with E-state index in [4.69, 9.17) is 9.47 Å². The average Bonchev–Trinajstić information content (AvgIpc) is 3.48. The fourth-order valence-electron chi connectivity index (χ4n) is 8.30. The largest absolute Gasteiger partial charge is 0.467 e. The van der Waals surface area contributed by atoms with Gasteiger partial charge in [0.05, 0.1) is 30.1 Å². The minimum absolute atomic E-state index is 0.0361. The summed E-state index contributed by atoms with van der Waals surface area (Å²) >= 11 is 0. The highest BCUT2D eigenvalue weighted by molar-refractivity contribution is 5.95. The number of likely N-dealkylation sites (N-methyl/N-ethyl adjacent to an activating group) is 1. The number of benzene rings is 2. The summed E-state index contributed by atoms with van der Waals surface area (Å²) < 4.78 is 85.0. The molecule has 11 nitrogen and oxygen atoms in total. The molecule has 5 rings (SSSR count). The number of hydrogen-bond donors (Lipinski definition) is 2. The van der Waals surface area contributed by atoms with Gasteiger partial charge in [0.25, 0.3) is 18.8 Å². The predicted molar refractivity (Wildman–Crippen MR) is 223 cm³/mol. The van der Waals surface area contributed by atoms with E-state index in [-0.39, 0.29) is 48.0 Å². The summed E-state index contributed by atoms with van der Waals surface area (Å²) in [6, 6.07) is 10.8. The average molecular weight is 857 g/mol. The Hall–Kier alpha value is -4.93. The maximum atomic E-state index is 14.7. The van der Waals surface area contributed by atoms with Crippen LogP contribution in [0.4, 0.5) is 22.0 Å². The van der Waals surface area contributed by atoms with Gasteiger partial charge in [-0.1, -0.05) is 45.9 Å². The Labute approximate surface area is 353 Å². The van der Waals surface area contributed by atoms with Crippen LogP contribution in [0.5, 0.6) is 0 Å². The molecule has 0 aliphatic carbocycles. The van der Waals surface area contributed by atoms with E-state index >= 15 is 0 Å². The molecule has 3 heterocycles. The molecule has 0 saturated carbocycles. The quantitative estimate of drug-likeness (QED) is 0.0763. The summed E-state index contributed by atoms with van der Waals surface area (Å²) in [7, 11) is 5.01. The number of halogens is 5. The number of hydrazine groups is 1. The fourth-order valence-corrected chi connectivity index (χ4v) is 8.30. The van der Waals surface area contributed by atoms with Crippen LogP contribution in [0.2, 0.25) is 0 Å². The Morgan fingerprint density at radius 2 is 1.77 bits per heavy atom. The van der Waals surface area contributed by atoms with E-state index in [0.717, 1.165) is 12.8 Å². The van der Waals surface area contributed by atoms with Crippen LogP contribution in [0.15, 0.2) is 54.7 Å². The molecule has 16 heteroatoms. The van der Waals surface area contributed by atoms with E-state index in [2.05, 4.69) is 15.7 Å². The van der Waals surface area contributed by atoms with E-state index in [1.807, 2.05) is 27.7 Å². The Kier molecular flexibility index (Phi) is 15.3. The summed E-state index contributed by atoms with van der Waals surface area (Å²) in [5.74, 6) is -0.882. The molecule has 0 bridgehead atoms. The number of nitrogens with zero attached hydrogens (tertiary/aromatic N) is 4. The Morgan fingerprint density at radius 1 is 1.03 bits per heavy atom. The number of amides is 2. The van der Waals surface area contributed by atoms with Crippen LogP contribution < -0.4 is 10.7 Å². The minimum atomic E-state index is -4.64. The van der Waals surface area contributed by atoms with Crippen LogP contribution in [-0.2, 0) is 43.2 Å². The second kappa shape index (κ2) is 19.8. The van der Waals surface area contributed by atoms with Gasteiger partial charge in [-0.3, -0.25) is 29.3 Å². The zero-order valence-electron chi connectivity index (χ0n) is 36.0. The third-order valence-corrected chi connectivity index (χ3v) is 11.0. The number of fused-ring (bicyclic) bond motifs is 1. The molecule has 0 radical (unpaired) electrons. The van der Waals surface area contributed by atoms with Crippen LogP contribution in [0.1, 0.15) is 82.4 Å². The number of carbonyl (C=O) groups is 3. The summed E-state index contributed by atoms with van der Waals surface area (Å²) in [4.78, 5) is 45.3. The topological polar surface area (TPSA) is 118 Å². The van der Waals surface area contributed by atoms with Crippen LogP contribution in [0.25, 0.3) is 33.3 Å². The molecule has 4 aromatic rings. The predicted octanol–water partition coefficient (Wildman–Crippen LogP) is 8.06. The van der Waals surface area contributed by atoms with E-state index in [0.29, 0.717) is 58.5 Å². The first kappa shape index (κ1) is 47.1. The molecule has 332 valence electrons. The number of alkyl halides is 5. The number of aromatic nitrogens is 2. The van der Waals surface area contributed by atoms with Crippen LogP contribution >= 0.6 is 0 Å². The van der Waals surface area contributed by atoms with Crippen molar-refractivity contribution < 1.29 is 45.8 Å². The van der Waals surface area contributed by atoms with Gasteiger partial charge in [0.1, 0.15) is 12.6 Å². The summed E-state index contributed by atoms with van der Waals surface area (Å²) in [6.07, 6.45) is -4.95. The van der Waals surface area contributed by atoms with Crippen LogP contribution in [-0.4, -0.2) is 96.9 Å². The SMILES string of the molecule is COC(C)c1ncccc1-c1c(CC(C)(C)COC=O)c2cc(-c3cc(CC(NC(=O)C(C(C)C)N(C)C)C(=O)N4CCCCN4)cc(C(F)F)c3)ccc2n1CC(F)(F)F. The molecule has 1 aliphatic heterocycles. The third-order valence-electron chi connectivity index (χ3n) is 11.0. The standard InChI is InChI=1S/C45H57F5N6O5/c1-27(2)39(54(6)7)42(58)53-36(43(59)56-17-10-9-16-52-56)20-29-18-31(21-32(19-29)41(46)47)30-13-14-37-34(22-30)35(23-44(4,5)25-61-26-57)40(55(37)24-45(48,49)50)33-12-11-15-51-38(33)28(3)60-8/h11-15,18-19,21-22,26-28,36,39,41,52H,9-10,16-17,20,23-25H2,1-8H3,(H,53,58). The Morgan fingerprint density at radius 3 is 2.38 bits per heavy atom. The van der Waals surface area contributed by atoms with Gasteiger partial charge in [-0.05, 0) is 98.8 Å². The zero-order valence-corrected chi connectivity index (χ0v) is 36.0. The maximum absolute atomic E-state index is 14.7. The van der Waals surface area contributed by atoms with Crippen molar-refractivity contribution in [1.82, 2.24) is 30.2 Å². The highest BCUT2D eigenvalue weighted by atomic mass is 19.4. The molecule has 2 amide bonds. The number of nitrogens with one attached hydrogen (secondary N) is 2. The smallest absolute Gasteiger partial charge is 0.406 e. The molecule has 1 aliphatic rings. The molecule has 2 N–H and O–H groups in total. The molecule has 3 atom stereocenters. The number of carbonyl (C=O) groups excluding carboxylic acids is 3. The number of methoxy groups -OCH3 is 1. The highest BCUT2D eigenvalue weighted by Crippen LogP contribution is 2.43. The third kappa shape index (κ3) is 11.5. The second-order valence-electron chi connectivity index (χ2n) is 17.1. The van der Waals surface area contributed by atoms with Gasteiger partial charge in [-0.2, -0.15) is 13.2 Å². The Bertz CT molecular complexity index is 2160. The van der Waals surface area contributed by atoms with Crippen molar-refractivity contribution >= 4 is 29.2 Å². The van der Waals surface area contributed by atoms with Gasteiger partial charge in [0.15, 0.2) is 0 Å². The van der Waals surface area contributed by atoms with Gasteiger partial charge >= 0.3 is 6.18 Å². The van der Waals surface area contributed by atoms with E-state index in [1.54, 1.807) is 62.3 Å². The van der Waals surface area contributed by atoms with Gasteiger partial charge in [0, 0.05) is 60.3 Å². The number of pyridine rings is 1. The first-order valence-corrected chi connectivity index (χ1v) is 20.4. The van der Waals surface area contributed by atoms with E-state index in [1.165, 1.54) is 35.0 Å². The minimum Gasteiger partial charge on any atom is -0.467 e. The summed E-state index contributed by atoms with van der Waals surface area (Å²) in [5, 5.41) is 4.82. The van der Waals surface area contributed by atoms with Gasteiger partial charge in [0.2, 0.25) is 5.91 Å². The second-order valence-corrected chi connectivity index (χ2v) is 17.1. The lowest BCUT2D eigenvalue weighted by Gasteiger charge is -2.33. The molecule has 2 aromatic heterocycles. The molecule has 1 fully saturated rings. The summed E-state index contributed by atoms with van der Waals surface area (Å²) in [5.41, 5.74) is 4.94. The highest BCUT2D eigenvalue weighted by Gasteiger charge is 2.35. The Balaban J connectivity index is 1.72. The molecular formula is C45H57F5N6O5. The van der Waals surface area contributed by atoms with Gasteiger partial charge in [-0.15, -0.1) is 0 Å². The molecule has 61 heavy (non-hydrogen) atoms. The number of hydrogen-bond acceptors (Lipinski definition) is 8. The first-order valence-electron chi connectivity index (χ1n) is 20.4. The van der Waals surface area contributed by atoms with Crippen LogP contribution in [0, 0.1) is 11.3 Å². The van der Waals surface area contributed by atoms with Crippen molar-refractivity contribution in [2.45, 2.75) is 97.6 Å². The van der Waals surface area contributed by atoms with Crippen molar-refractivity contribution in [3.8, 4) is 22.4 Å². The number of ether oxygens (including phenoxy) is 2.